The van der Waals surface area contributed by atoms with Crippen LogP contribution in [0.25, 0.3) is 0 Å². The van der Waals surface area contributed by atoms with Crippen molar-refractivity contribution in [3.05, 3.63) is 0 Å². The van der Waals surface area contributed by atoms with Crippen LogP contribution in [0.5, 0.6) is 0 Å². The summed E-state index contributed by atoms with van der Waals surface area (Å²) in [5.74, 6) is 0. The van der Waals surface area contributed by atoms with Crippen molar-refractivity contribution >= 4 is 0 Å². The number of nitrogens with zero attached hydrogens (tertiary/aromatic N) is 1. The minimum atomic E-state index is 0.840. The molecule has 2 heterocycles. The van der Waals surface area contributed by atoms with Crippen molar-refractivity contribution in [1.82, 2.24) is 10.2 Å². The number of piperidine rings is 1. The monoisotopic (exact) mass is 196 g/mol. The van der Waals surface area contributed by atoms with Gasteiger partial charge in [-0.15, -0.1) is 0 Å². The minimum absolute atomic E-state index is 0.840. The summed E-state index contributed by atoms with van der Waals surface area (Å²) in [6.07, 6.45) is 8.44. The molecule has 2 fully saturated rings. The molecule has 0 amide bonds. The summed E-state index contributed by atoms with van der Waals surface area (Å²) in [7, 11) is 0. The van der Waals surface area contributed by atoms with E-state index in [-0.39, 0.29) is 0 Å². The molecule has 0 saturated carbocycles. The molecule has 82 valence electrons. The predicted octanol–water partition coefficient (Wildman–Crippen LogP) is 2.00. The van der Waals surface area contributed by atoms with E-state index in [0.717, 1.165) is 12.1 Å². The number of hydrogen-bond donors (Lipinski definition) is 1. The Morgan fingerprint density at radius 3 is 2.79 bits per heavy atom. The zero-order valence-electron chi connectivity index (χ0n) is 9.47. The van der Waals surface area contributed by atoms with Gasteiger partial charge in [-0.1, -0.05) is 6.42 Å². The minimum Gasteiger partial charge on any atom is -0.317 e. The molecule has 2 atom stereocenters. The zero-order chi connectivity index (χ0) is 9.80. The molecule has 2 rings (SSSR count). The molecule has 0 aromatic carbocycles. The van der Waals surface area contributed by atoms with Crippen LogP contribution in [0.2, 0.25) is 0 Å². The Hall–Kier alpha value is -0.0800. The van der Waals surface area contributed by atoms with Gasteiger partial charge in [-0.05, 0) is 58.7 Å². The van der Waals surface area contributed by atoms with Gasteiger partial charge in [0.15, 0.2) is 0 Å². The summed E-state index contributed by atoms with van der Waals surface area (Å²) < 4.78 is 0. The van der Waals surface area contributed by atoms with Crippen LogP contribution < -0.4 is 5.32 Å². The third kappa shape index (κ3) is 2.48. The van der Waals surface area contributed by atoms with Crippen LogP contribution in [0.15, 0.2) is 0 Å². The molecular formula is C12H24N2. The quantitative estimate of drug-likeness (QED) is 0.690. The standard InChI is InChI=1S/C12H24N2/c1-11-5-2-3-10-14(11)12-6-4-8-13-9-7-12/h11-13H,2-10H2,1H3. The lowest BCUT2D eigenvalue weighted by atomic mass is 9.98. The number of hydrogen-bond acceptors (Lipinski definition) is 2. The molecule has 0 spiro atoms. The van der Waals surface area contributed by atoms with Crippen molar-refractivity contribution in [2.75, 3.05) is 19.6 Å². The predicted molar refractivity (Wildman–Crippen MR) is 60.5 cm³/mol. The molecular weight excluding hydrogens is 172 g/mol. The number of rotatable bonds is 1. The lowest BCUT2D eigenvalue weighted by Gasteiger charge is -2.39. The smallest absolute Gasteiger partial charge is 0.0111 e. The van der Waals surface area contributed by atoms with Gasteiger partial charge in [-0.2, -0.15) is 0 Å². The normalized spacial score (nSPS) is 36.6. The highest BCUT2D eigenvalue weighted by molar-refractivity contribution is 4.82. The summed E-state index contributed by atoms with van der Waals surface area (Å²) in [5, 5.41) is 3.50. The van der Waals surface area contributed by atoms with E-state index in [0.29, 0.717) is 0 Å². The van der Waals surface area contributed by atoms with E-state index in [2.05, 4.69) is 17.1 Å². The maximum absolute atomic E-state index is 3.50. The Labute approximate surface area is 88.1 Å². The lowest BCUT2D eigenvalue weighted by molar-refractivity contribution is 0.0972. The molecule has 2 aliphatic rings. The third-order valence-corrected chi connectivity index (χ3v) is 3.87. The summed E-state index contributed by atoms with van der Waals surface area (Å²) in [5.41, 5.74) is 0. The third-order valence-electron chi connectivity index (χ3n) is 3.87. The van der Waals surface area contributed by atoms with Crippen LogP contribution in [-0.2, 0) is 0 Å². The molecule has 2 unspecified atom stereocenters. The fourth-order valence-electron chi connectivity index (χ4n) is 3.00. The first-order chi connectivity index (χ1) is 6.88. The molecule has 0 aliphatic carbocycles. The molecule has 1 N–H and O–H groups in total. The van der Waals surface area contributed by atoms with E-state index >= 15 is 0 Å². The highest BCUT2D eigenvalue weighted by atomic mass is 15.2. The van der Waals surface area contributed by atoms with Gasteiger partial charge in [0.05, 0.1) is 0 Å². The Morgan fingerprint density at radius 2 is 1.93 bits per heavy atom. The second kappa shape index (κ2) is 5.13. The van der Waals surface area contributed by atoms with Gasteiger partial charge < -0.3 is 5.32 Å². The Morgan fingerprint density at radius 1 is 1.00 bits per heavy atom. The van der Waals surface area contributed by atoms with E-state index in [1.54, 1.807) is 0 Å². The first-order valence-corrected chi connectivity index (χ1v) is 6.34. The van der Waals surface area contributed by atoms with Crippen LogP contribution in [0.1, 0.15) is 45.4 Å². The van der Waals surface area contributed by atoms with Crippen LogP contribution in [-0.4, -0.2) is 36.6 Å². The van der Waals surface area contributed by atoms with Gasteiger partial charge in [-0.3, -0.25) is 4.90 Å². The first-order valence-electron chi connectivity index (χ1n) is 6.34. The molecule has 0 bridgehead atoms. The summed E-state index contributed by atoms with van der Waals surface area (Å²) in [4.78, 5) is 2.77. The van der Waals surface area contributed by atoms with Crippen LogP contribution in [0.3, 0.4) is 0 Å². The van der Waals surface area contributed by atoms with Crippen molar-refractivity contribution < 1.29 is 0 Å². The van der Waals surface area contributed by atoms with E-state index < -0.39 is 0 Å². The second-order valence-corrected chi connectivity index (χ2v) is 4.92. The Kier molecular flexibility index (Phi) is 3.82. The van der Waals surface area contributed by atoms with Gasteiger partial charge in [0.1, 0.15) is 0 Å². The lowest BCUT2D eigenvalue weighted by Crippen LogP contribution is -2.45. The van der Waals surface area contributed by atoms with Gasteiger partial charge in [0.25, 0.3) is 0 Å². The second-order valence-electron chi connectivity index (χ2n) is 4.92. The fourth-order valence-corrected chi connectivity index (χ4v) is 3.00. The van der Waals surface area contributed by atoms with E-state index in [1.165, 1.54) is 58.2 Å². The fraction of sp³-hybridized carbons (Fsp3) is 1.00. The van der Waals surface area contributed by atoms with Crippen LogP contribution >= 0.6 is 0 Å². The topological polar surface area (TPSA) is 15.3 Å². The first kappa shape index (κ1) is 10.4. The highest BCUT2D eigenvalue weighted by Gasteiger charge is 2.25. The largest absolute Gasteiger partial charge is 0.317 e. The molecule has 14 heavy (non-hydrogen) atoms. The number of likely N-dealkylation sites (tertiary alicyclic amines) is 1. The molecule has 2 nitrogen and oxygen atoms in total. The van der Waals surface area contributed by atoms with Crippen molar-refractivity contribution in [2.24, 2.45) is 0 Å². The molecule has 2 heteroatoms. The van der Waals surface area contributed by atoms with E-state index in [4.69, 9.17) is 0 Å². The van der Waals surface area contributed by atoms with Crippen LogP contribution in [0.4, 0.5) is 0 Å². The summed E-state index contributed by atoms with van der Waals surface area (Å²) in [6.45, 7) is 6.23. The van der Waals surface area contributed by atoms with Crippen molar-refractivity contribution in [3.63, 3.8) is 0 Å². The molecule has 2 saturated heterocycles. The van der Waals surface area contributed by atoms with Gasteiger partial charge >= 0.3 is 0 Å². The van der Waals surface area contributed by atoms with Crippen LogP contribution in [0, 0.1) is 0 Å². The highest BCUT2D eigenvalue weighted by Crippen LogP contribution is 2.23. The SMILES string of the molecule is CC1CCCCN1C1CCCNCC1. The van der Waals surface area contributed by atoms with Crippen molar-refractivity contribution in [1.29, 1.82) is 0 Å². The summed E-state index contributed by atoms with van der Waals surface area (Å²) >= 11 is 0. The van der Waals surface area contributed by atoms with Crippen molar-refractivity contribution in [2.45, 2.75) is 57.5 Å². The Bertz CT molecular complexity index is 162. The average Bonchev–Trinajstić information content (AvgIpc) is 2.47. The average molecular weight is 196 g/mol. The Balaban J connectivity index is 1.90. The van der Waals surface area contributed by atoms with Crippen molar-refractivity contribution in [3.8, 4) is 0 Å². The van der Waals surface area contributed by atoms with Gasteiger partial charge in [0.2, 0.25) is 0 Å². The van der Waals surface area contributed by atoms with E-state index in [9.17, 15) is 0 Å². The van der Waals surface area contributed by atoms with Gasteiger partial charge in [0, 0.05) is 12.1 Å². The number of nitrogens with one attached hydrogen (secondary N) is 1. The molecule has 0 aromatic rings. The summed E-state index contributed by atoms with van der Waals surface area (Å²) in [6, 6.07) is 1.71. The molecule has 2 aliphatic heterocycles. The van der Waals surface area contributed by atoms with E-state index in [1.807, 2.05) is 0 Å². The maximum Gasteiger partial charge on any atom is 0.0111 e. The molecule has 0 aromatic heterocycles. The van der Waals surface area contributed by atoms with Gasteiger partial charge in [-0.25, -0.2) is 0 Å². The maximum atomic E-state index is 3.50. The zero-order valence-corrected chi connectivity index (χ0v) is 9.47. The molecule has 0 radical (unpaired) electrons.